The minimum Gasteiger partial charge on any atom is -0.493 e. The summed E-state index contributed by atoms with van der Waals surface area (Å²) in [6.07, 6.45) is 1.71. The van der Waals surface area contributed by atoms with Crippen LogP contribution >= 0.6 is 15.9 Å². The van der Waals surface area contributed by atoms with Crippen molar-refractivity contribution in [3.63, 3.8) is 0 Å². The van der Waals surface area contributed by atoms with E-state index in [1.54, 1.807) is 0 Å². The van der Waals surface area contributed by atoms with E-state index in [-0.39, 0.29) is 5.75 Å². The molecule has 0 aromatic heterocycles. The van der Waals surface area contributed by atoms with Crippen LogP contribution in [0.5, 0.6) is 5.75 Å². The monoisotopic (exact) mass is 335 g/mol. The van der Waals surface area contributed by atoms with Gasteiger partial charge in [-0.2, -0.15) is 0 Å². The summed E-state index contributed by atoms with van der Waals surface area (Å²) in [4.78, 5) is 0. The summed E-state index contributed by atoms with van der Waals surface area (Å²) in [5.74, 6) is 0.898. The standard InChI is InChI=1S/C12H18BrNO3S/c1-9-6-11(13)7-10(8-14)12(9)17-4-3-5-18(2,15)16/h6-7H,3-5,8,14H2,1-2H3. The van der Waals surface area contributed by atoms with Crippen LogP contribution < -0.4 is 10.5 Å². The fraction of sp³-hybridized carbons (Fsp3) is 0.500. The first-order valence-corrected chi connectivity index (χ1v) is 8.48. The number of benzene rings is 1. The molecule has 1 aromatic rings. The molecule has 1 aromatic carbocycles. The summed E-state index contributed by atoms with van der Waals surface area (Å²) in [6.45, 7) is 2.71. The van der Waals surface area contributed by atoms with Gasteiger partial charge in [-0.3, -0.25) is 0 Å². The van der Waals surface area contributed by atoms with Gasteiger partial charge in [0.25, 0.3) is 0 Å². The molecule has 0 aliphatic carbocycles. The molecule has 0 spiro atoms. The van der Waals surface area contributed by atoms with Gasteiger partial charge in [0.2, 0.25) is 0 Å². The van der Waals surface area contributed by atoms with Crippen molar-refractivity contribution in [1.29, 1.82) is 0 Å². The van der Waals surface area contributed by atoms with Gasteiger partial charge in [-0.25, -0.2) is 8.42 Å². The minimum absolute atomic E-state index is 0.139. The maximum Gasteiger partial charge on any atom is 0.147 e. The van der Waals surface area contributed by atoms with E-state index in [9.17, 15) is 8.42 Å². The van der Waals surface area contributed by atoms with Gasteiger partial charge in [0, 0.05) is 22.8 Å². The molecule has 6 heteroatoms. The lowest BCUT2D eigenvalue weighted by Gasteiger charge is -2.13. The predicted molar refractivity (Wildman–Crippen MR) is 76.6 cm³/mol. The summed E-state index contributed by atoms with van der Waals surface area (Å²) >= 11 is 3.41. The van der Waals surface area contributed by atoms with Crippen LogP contribution in [0.15, 0.2) is 16.6 Å². The van der Waals surface area contributed by atoms with E-state index in [0.717, 1.165) is 21.3 Å². The van der Waals surface area contributed by atoms with Crippen molar-refractivity contribution in [2.45, 2.75) is 19.9 Å². The molecule has 1 rings (SSSR count). The molecular weight excluding hydrogens is 318 g/mol. The van der Waals surface area contributed by atoms with Crippen molar-refractivity contribution in [2.75, 3.05) is 18.6 Å². The Bertz CT molecular complexity index is 514. The average Bonchev–Trinajstić information content (AvgIpc) is 2.24. The van der Waals surface area contributed by atoms with Gasteiger partial charge in [-0.15, -0.1) is 0 Å². The molecular formula is C12H18BrNO3S. The number of halogens is 1. The fourth-order valence-electron chi connectivity index (χ4n) is 1.65. The molecule has 0 amide bonds. The molecule has 0 saturated carbocycles. The smallest absolute Gasteiger partial charge is 0.147 e. The Kier molecular flexibility index (Phi) is 5.62. The van der Waals surface area contributed by atoms with Crippen LogP contribution in [0, 0.1) is 6.92 Å². The molecule has 0 radical (unpaired) electrons. The van der Waals surface area contributed by atoms with E-state index in [1.165, 1.54) is 6.26 Å². The zero-order chi connectivity index (χ0) is 13.8. The molecule has 4 nitrogen and oxygen atoms in total. The first-order chi connectivity index (χ1) is 8.33. The molecule has 0 atom stereocenters. The van der Waals surface area contributed by atoms with Crippen LogP contribution in [0.3, 0.4) is 0 Å². The first-order valence-electron chi connectivity index (χ1n) is 5.63. The highest BCUT2D eigenvalue weighted by Crippen LogP contribution is 2.27. The van der Waals surface area contributed by atoms with Crippen LogP contribution in [0.25, 0.3) is 0 Å². The molecule has 102 valence electrons. The Morgan fingerprint density at radius 1 is 1.39 bits per heavy atom. The maximum atomic E-state index is 11.0. The summed E-state index contributed by atoms with van der Waals surface area (Å²) in [5.41, 5.74) is 7.57. The average molecular weight is 336 g/mol. The van der Waals surface area contributed by atoms with Gasteiger partial charge >= 0.3 is 0 Å². The molecule has 0 heterocycles. The van der Waals surface area contributed by atoms with Crippen LogP contribution in [0.1, 0.15) is 17.5 Å². The van der Waals surface area contributed by atoms with Crippen LogP contribution in [0.4, 0.5) is 0 Å². The second-order valence-electron chi connectivity index (χ2n) is 4.25. The summed E-state index contributed by atoms with van der Waals surface area (Å²) in [7, 11) is -2.92. The van der Waals surface area contributed by atoms with Gasteiger partial charge in [0.05, 0.1) is 12.4 Å². The predicted octanol–water partition coefficient (Wildman–Crippen LogP) is 2.03. The molecule has 0 fully saturated rings. The van der Waals surface area contributed by atoms with Crippen molar-refractivity contribution >= 4 is 25.8 Å². The van der Waals surface area contributed by atoms with E-state index in [0.29, 0.717) is 19.6 Å². The van der Waals surface area contributed by atoms with Crippen LogP contribution in [-0.4, -0.2) is 27.0 Å². The third-order valence-corrected chi connectivity index (χ3v) is 3.93. The largest absolute Gasteiger partial charge is 0.493 e. The van der Waals surface area contributed by atoms with Crippen molar-refractivity contribution in [1.82, 2.24) is 0 Å². The molecule has 0 unspecified atom stereocenters. The Balaban J connectivity index is 2.67. The third kappa shape index (κ3) is 4.96. The quantitative estimate of drug-likeness (QED) is 0.807. The van der Waals surface area contributed by atoms with Gasteiger partial charge in [0.1, 0.15) is 15.6 Å². The molecule has 0 bridgehead atoms. The number of aryl methyl sites for hydroxylation is 1. The van der Waals surface area contributed by atoms with Gasteiger partial charge in [0.15, 0.2) is 0 Å². The van der Waals surface area contributed by atoms with E-state index >= 15 is 0 Å². The Hall–Kier alpha value is -0.590. The van der Waals surface area contributed by atoms with Crippen molar-refractivity contribution < 1.29 is 13.2 Å². The zero-order valence-electron chi connectivity index (χ0n) is 10.6. The second kappa shape index (κ2) is 6.54. The Morgan fingerprint density at radius 2 is 2.06 bits per heavy atom. The number of ether oxygens (including phenoxy) is 1. The number of rotatable bonds is 6. The summed E-state index contributed by atoms with van der Waals surface area (Å²) < 4.78 is 28.6. The number of nitrogens with two attached hydrogens (primary N) is 1. The molecule has 2 N–H and O–H groups in total. The molecule has 0 aliphatic heterocycles. The van der Waals surface area contributed by atoms with E-state index in [1.807, 2.05) is 19.1 Å². The van der Waals surface area contributed by atoms with E-state index in [2.05, 4.69) is 15.9 Å². The van der Waals surface area contributed by atoms with Crippen molar-refractivity contribution in [2.24, 2.45) is 5.73 Å². The van der Waals surface area contributed by atoms with Gasteiger partial charge in [-0.05, 0) is 31.0 Å². The SMILES string of the molecule is Cc1cc(Br)cc(CN)c1OCCCS(C)(=O)=O. The lowest BCUT2D eigenvalue weighted by atomic mass is 10.1. The second-order valence-corrected chi connectivity index (χ2v) is 7.42. The van der Waals surface area contributed by atoms with Crippen molar-refractivity contribution in [3.8, 4) is 5.75 Å². The molecule has 0 saturated heterocycles. The fourth-order valence-corrected chi connectivity index (χ4v) is 2.91. The summed E-state index contributed by atoms with van der Waals surface area (Å²) in [6, 6.07) is 3.87. The highest BCUT2D eigenvalue weighted by atomic mass is 79.9. The maximum absolute atomic E-state index is 11.0. The van der Waals surface area contributed by atoms with Crippen molar-refractivity contribution in [3.05, 3.63) is 27.7 Å². The van der Waals surface area contributed by atoms with Crippen LogP contribution in [-0.2, 0) is 16.4 Å². The Labute approximate surface area is 117 Å². The van der Waals surface area contributed by atoms with Gasteiger partial charge < -0.3 is 10.5 Å². The third-order valence-electron chi connectivity index (χ3n) is 2.44. The van der Waals surface area contributed by atoms with E-state index < -0.39 is 9.84 Å². The van der Waals surface area contributed by atoms with Crippen LogP contribution in [0.2, 0.25) is 0 Å². The lowest BCUT2D eigenvalue weighted by Crippen LogP contribution is -2.10. The summed E-state index contributed by atoms with van der Waals surface area (Å²) in [5, 5.41) is 0. The minimum atomic E-state index is -2.92. The first kappa shape index (κ1) is 15.5. The zero-order valence-corrected chi connectivity index (χ0v) is 13.0. The molecule has 0 aliphatic rings. The highest BCUT2D eigenvalue weighted by molar-refractivity contribution is 9.10. The number of hydrogen-bond acceptors (Lipinski definition) is 4. The van der Waals surface area contributed by atoms with Gasteiger partial charge in [-0.1, -0.05) is 15.9 Å². The lowest BCUT2D eigenvalue weighted by molar-refractivity contribution is 0.312. The molecule has 18 heavy (non-hydrogen) atoms. The van der Waals surface area contributed by atoms with E-state index in [4.69, 9.17) is 10.5 Å². The normalized spacial score (nSPS) is 11.6. The number of hydrogen-bond donors (Lipinski definition) is 1. The Morgan fingerprint density at radius 3 is 2.61 bits per heavy atom. The number of sulfone groups is 1. The topological polar surface area (TPSA) is 69.4 Å². The highest BCUT2D eigenvalue weighted by Gasteiger charge is 2.08.